The van der Waals surface area contributed by atoms with Gasteiger partial charge in [0, 0.05) is 22.2 Å². The van der Waals surface area contributed by atoms with Crippen LogP contribution in [-0.4, -0.2) is 22.2 Å². The van der Waals surface area contributed by atoms with Gasteiger partial charge in [-0.15, -0.1) is 0 Å². The Morgan fingerprint density at radius 2 is 1.93 bits per heavy atom. The van der Waals surface area contributed by atoms with Crippen LogP contribution in [0.1, 0.15) is 21.5 Å². The van der Waals surface area contributed by atoms with E-state index in [0.717, 1.165) is 17.8 Å². The summed E-state index contributed by atoms with van der Waals surface area (Å²) >= 11 is 3.33. The Kier molecular flexibility index (Phi) is 6.76. The minimum absolute atomic E-state index is 0.0966. The van der Waals surface area contributed by atoms with Gasteiger partial charge in [0.2, 0.25) is 0 Å². The first-order chi connectivity index (χ1) is 14.4. The van der Waals surface area contributed by atoms with Crippen LogP contribution in [0.2, 0.25) is 0 Å². The van der Waals surface area contributed by atoms with Crippen LogP contribution in [0.15, 0.2) is 76.3 Å². The molecule has 2 N–H and O–H groups in total. The lowest BCUT2D eigenvalue weighted by Crippen LogP contribution is -2.19. The average molecular weight is 470 g/mol. The molecule has 152 valence electrons. The average Bonchev–Trinajstić information content (AvgIpc) is 2.74. The highest BCUT2D eigenvalue weighted by molar-refractivity contribution is 9.10. The van der Waals surface area contributed by atoms with Crippen LogP contribution in [0, 0.1) is 10.1 Å². The maximum atomic E-state index is 12.6. The molecule has 0 aliphatic carbocycles. The number of phenols is 1. The van der Waals surface area contributed by atoms with E-state index in [-0.39, 0.29) is 29.2 Å². The van der Waals surface area contributed by atoms with Crippen molar-refractivity contribution in [1.29, 1.82) is 0 Å². The second-order valence-electron chi connectivity index (χ2n) is 6.11. The van der Waals surface area contributed by atoms with Crippen molar-refractivity contribution in [3.63, 3.8) is 0 Å². The molecule has 3 rings (SSSR count). The van der Waals surface area contributed by atoms with Crippen LogP contribution in [0.5, 0.6) is 11.5 Å². The predicted octanol–water partition coefficient (Wildman–Crippen LogP) is 4.41. The van der Waals surface area contributed by atoms with E-state index in [2.05, 4.69) is 26.5 Å². The zero-order chi connectivity index (χ0) is 21.5. The van der Waals surface area contributed by atoms with Crippen LogP contribution in [0.4, 0.5) is 5.69 Å². The monoisotopic (exact) mass is 469 g/mol. The number of benzene rings is 3. The Labute approximate surface area is 180 Å². The molecule has 3 aromatic rings. The van der Waals surface area contributed by atoms with E-state index < -0.39 is 10.8 Å². The second-order valence-corrected chi connectivity index (χ2v) is 7.03. The molecule has 30 heavy (non-hydrogen) atoms. The molecule has 0 aliphatic heterocycles. The molecule has 0 bridgehead atoms. The molecule has 0 aliphatic rings. The Hall–Kier alpha value is -3.72. The summed E-state index contributed by atoms with van der Waals surface area (Å²) in [5.74, 6) is -0.374. The summed E-state index contributed by atoms with van der Waals surface area (Å²) in [7, 11) is 0. The van der Waals surface area contributed by atoms with E-state index in [0.29, 0.717) is 10.2 Å². The summed E-state index contributed by atoms with van der Waals surface area (Å²) in [4.78, 5) is 22.8. The SMILES string of the molecule is O=C(NN=Cc1cc([N+](=O)[O-])ccc1O)c1cc(Br)ccc1OCc1ccccc1. The lowest BCUT2D eigenvalue weighted by Gasteiger charge is -2.11. The minimum Gasteiger partial charge on any atom is -0.507 e. The van der Waals surface area contributed by atoms with Gasteiger partial charge in [-0.25, -0.2) is 5.43 Å². The number of nitro benzene ring substituents is 1. The van der Waals surface area contributed by atoms with Gasteiger partial charge in [-0.3, -0.25) is 14.9 Å². The molecule has 0 aromatic heterocycles. The number of hydrogen-bond donors (Lipinski definition) is 2. The highest BCUT2D eigenvalue weighted by Gasteiger charge is 2.14. The molecule has 0 atom stereocenters. The van der Waals surface area contributed by atoms with Gasteiger partial charge in [-0.2, -0.15) is 5.10 Å². The topological polar surface area (TPSA) is 114 Å². The number of nitrogens with zero attached hydrogens (tertiary/aromatic N) is 2. The third kappa shape index (κ3) is 5.42. The Morgan fingerprint density at radius 3 is 2.67 bits per heavy atom. The molecule has 0 spiro atoms. The fraction of sp³-hybridized carbons (Fsp3) is 0.0476. The molecule has 0 heterocycles. The standard InChI is InChI=1S/C21H16BrN3O5/c22-16-6-9-20(30-13-14-4-2-1-3-5-14)18(11-16)21(27)24-23-12-15-10-17(25(28)29)7-8-19(15)26/h1-12,26H,13H2,(H,24,27). The van der Waals surface area contributed by atoms with Crippen LogP contribution in [0.3, 0.4) is 0 Å². The summed E-state index contributed by atoms with van der Waals surface area (Å²) in [5, 5.41) is 24.5. The number of amides is 1. The van der Waals surface area contributed by atoms with Crippen molar-refractivity contribution in [2.24, 2.45) is 5.10 Å². The van der Waals surface area contributed by atoms with Crippen molar-refractivity contribution in [3.8, 4) is 11.5 Å². The molecular weight excluding hydrogens is 454 g/mol. The van der Waals surface area contributed by atoms with Crippen LogP contribution in [-0.2, 0) is 6.61 Å². The largest absolute Gasteiger partial charge is 0.507 e. The molecule has 0 unspecified atom stereocenters. The second kappa shape index (κ2) is 9.66. The third-order valence-corrected chi connectivity index (χ3v) is 4.51. The molecule has 1 amide bonds. The van der Waals surface area contributed by atoms with Gasteiger partial charge in [0.05, 0.1) is 16.7 Å². The molecule has 8 nitrogen and oxygen atoms in total. The van der Waals surface area contributed by atoms with E-state index >= 15 is 0 Å². The van der Waals surface area contributed by atoms with Crippen LogP contribution < -0.4 is 10.2 Å². The summed E-state index contributed by atoms with van der Waals surface area (Å²) in [6, 6.07) is 18.0. The van der Waals surface area contributed by atoms with Crippen molar-refractivity contribution in [3.05, 3.63) is 98.0 Å². The summed E-state index contributed by atoms with van der Waals surface area (Å²) in [5.41, 5.74) is 3.43. The lowest BCUT2D eigenvalue weighted by molar-refractivity contribution is -0.384. The number of phenolic OH excluding ortho intramolecular Hbond substituents is 1. The Morgan fingerprint density at radius 1 is 1.17 bits per heavy atom. The molecular formula is C21H16BrN3O5. The minimum atomic E-state index is -0.590. The van der Waals surface area contributed by atoms with E-state index in [4.69, 9.17) is 4.74 Å². The summed E-state index contributed by atoms with van der Waals surface area (Å²) in [6.07, 6.45) is 1.13. The van der Waals surface area contributed by atoms with Crippen molar-refractivity contribution >= 4 is 33.7 Å². The fourth-order valence-electron chi connectivity index (χ4n) is 2.52. The maximum absolute atomic E-state index is 12.6. The number of nitrogens with one attached hydrogen (secondary N) is 1. The number of ether oxygens (including phenoxy) is 1. The zero-order valence-corrected chi connectivity index (χ0v) is 17.1. The maximum Gasteiger partial charge on any atom is 0.275 e. The highest BCUT2D eigenvalue weighted by atomic mass is 79.9. The molecule has 0 saturated carbocycles. The molecule has 0 fully saturated rings. The number of nitro groups is 1. The van der Waals surface area contributed by atoms with Crippen LogP contribution >= 0.6 is 15.9 Å². The van der Waals surface area contributed by atoms with E-state index in [1.807, 2.05) is 30.3 Å². The fourth-order valence-corrected chi connectivity index (χ4v) is 2.88. The number of non-ortho nitro benzene ring substituents is 1. The third-order valence-electron chi connectivity index (χ3n) is 4.02. The van der Waals surface area contributed by atoms with Gasteiger partial charge in [-0.05, 0) is 29.8 Å². The van der Waals surface area contributed by atoms with Gasteiger partial charge in [-0.1, -0.05) is 46.3 Å². The first-order valence-corrected chi connectivity index (χ1v) is 9.50. The summed E-state index contributed by atoms with van der Waals surface area (Å²) < 4.78 is 6.46. The van der Waals surface area contributed by atoms with E-state index in [1.54, 1.807) is 18.2 Å². The van der Waals surface area contributed by atoms with Crippen molar-refractivity contribution in [2.75, 3.05) is 0 Å². The molecule has 3 aromatic carbocycles. The smallest absolute Gasteiger partial charge is 0.275 e. The zero-order valence-electron chi connectivity index (χ0n) is 15.5. The van der Waals surface area contributed by atoms with Gasteiger partial charge >= 0.3 is 0 Å². The van der Waals surface area contributed by atoms with Gasteiger partial charge in [0.15, 0.2) is 0 Å². The number of hydrazone groups is 1. The van der Waals surface area contributed by atoms with Gasteiger partial charge in [0.25, 0.3) is 11.6 Å². The number of rotatable bonds is 7. The molecule has 9 heteroatoms. The Bertz CT molecular complexity index is 1100. The van der Waals surface area contributed by atoms with Crippen molar-refractivity contribution in [2.45, 2.75) is 6.61 Å². The van der Waals surface area contributed by atoms with Crippen molar-refractivity contribution in [1.82, 2.24) is 5.43 Å². The lowest BCUT2D eigenvalue weighted by atomic mass is 10.2. The number of halogens is 1. The number of carbonyl (C=O) groups excluding carboxylic acids is 1. The van der Waals surface area contributed by atoms with Gasteiger partial charge < -0.3 is 9.84 Å². The quantitative estimate of drug-likeness (QED) is 0.302. The first kappa shape index (κ1) is 21.0. The van der Waals surface area contributed by atoms with Gasteiger partial charge in [0.1, 0.15) is 18.1 Å². The molecule has 0 saturated heterocycles. The predicted molar refractivity (Wildman–Crippen MR) is 115 cm³/mol. The number of hydrogen-bond acceptors (Lipinski definition) is 6. The summed E-state index contributed by atoms with van der Waals surface area (Å²) in [6.45, 7) is 0.285. The highest BCUT2D eigenvalue weighted by Crippen LogP contribution is 2.24. The Balaban J connectivity index is 1.73. The van der Waals surface area contributed by atoms with E-state index in [9.17, 15) is 20.0 Å². The van der Waals surface area contributed by atoms with Crippen LogP contribution in [0.25, 0.3) is 0 Å². The number of carbonyl (C=O) groups is 1. The number of aromatic hydroxyl groups is 1. The molecule has 0 radical (unpaired) electrons. The first-order valence-electron chi connectivity index (χ1n) is 8.71. The van der Waals surface area contributed by atoms with E-state index in [1.165, 1.54) is 12.1 Å². The van der Waals surface area contributed by atoms with Crippen molar-refractivity contribution < 1.29 is 19.6 Å². The normalized spacial score (nSPS) is 10.7.